The van der Waals surface area contributed by atoms with E-state index in [4.69, 9.17) is 4.42 Å². The molecule has 20 rings (SSSR count). The number of oxazole rings is 1. The van der Waals surface area contributed by atoms with Crippen LogP contribution in [0.3, 0.4) is 0 Å². The van der Waals surface area contributed by atoms with Gasteiger partial charge in [-0.15, -0.1) is 44.2 Å². The number of nitrogens with zero attached hydrogens (tertiary/aromatic N) is 17. The normalized spacial score (nSPS) is 12.3. The van der Waals surface area contributed by atoms with E-state index in [1.54, 1.807) is 59.1 Å². The van der Waals surface area contributed by atoms with Gasteiger partial charge in [-0.1, -0.05) is 244 Å². The van der Waals surface area contributed by atoms with Crippen molar-refractivity contribution in [3.8, 4) is 0 Å². The van der Waals surface area contributed by atoms with Crippen molar-refractivity contribution in [3.05, 3.63) is 256 Å². The second-order valence-corrected chi connectivity index (χ2v) is 45.9. The van der Waals surface area contributed by atoms with Gasteiger partial charge in [0.2, 0.25) is 0 Å². The summed E-state index contributed by atoms with van der Waals surface area (Å²) in [5.74, 6) is 0. The number of H-pyrrole nitrogens is 5. The molecule has 5 N–H and O–H groups in total. The summed E-state index contributed by atoms with van der Waals surface area (Å²) in [5, 5.41) is 45.7. The van der Waals surface area contributed by atoms with Gasteiger partial charge < -0.3 is 8.82 Å². The van der Waals surface area contributed by atoms with Crippen LogP contribution in [0.25, 0.3) is 96.4 Å². The molecule has 0 unspecified atom stereocenters. The molecule has 0 saturated carbocycles. The van der Waals surface area contributed by atoms with Crippen molar-refractivity contribution in [1.82, 2.24) is 109 Å². The highest BCUT2D eigenvalue weighted by atomic mass is 32.1. The Morgan fingerprint density at radius 1 is 0.383 bits per heavy atom. The minimum atomic E-state index is 0.103. The minimum Gasteiger partial charge on any atom is -0.443 e. The molecule has 0 aliphatic carbocycles. The standard InChI is InChI=1S/C11H14N2.C11H13NO.C11H13NS.4C10H13N3.C10H12N2S.2C9H12N2S/c1-11(2,3)9-5-4-7-13-8-6-12-10(9)13;1-11(2,3)8-4-5-10-9(6-8)12-7-13-10;1-11(2,3)10-8-6-4-5-7-9(8)13-12-10;1-10(2,3)7-4-8-9(11-5-7)6-12-13-8;1-10(2,3)8-4-7-5-12-13-9(7)11-6-8;1-10(2,3)8-4-5-9-12-11-7-13(9)6-8;1-10(2,3)9-5-4-7-8(12-9)6-11-13-7;1-10(2,3)7-4-8-9(11-5-7)13-6-12-8;1-9(2,3)8-4-6-7(12-8)5-10-11-6;1-9(2,3)7-4-6-5-10-11-8(6)12-7/h4-8H,1-3H3;2*4-7H,1-3H3;4-6H,1-3H3,(H,12,13);4-6H,1-3H3,(H,11,12,13);4-7H,1-3H3;4-6H,1-3H3,(H,11,13);4-6H,1-3H3;2*4-5H,1-3H3,(H,10,11). The third-order valence-electron chi connectivity index (χ3n) is 20.8. The molecular formula is C101H128N22OS4. The fourth-order valence-electron chi connectivity index (χ4n) is 12.7. The van der Waals surface area contributed by atoms with Crippen LogP contribution >= 0.6 is 45.5 Å². The number of fused-ring (bicyclic) bond motifs is 10. The summed E-state index contributed by atoms with van der Waals surface area (Å²) in [6.45, 7) is 65.8. The van der Waals surface area contributed by atoms with Crippen LogP contribution in [-0.4, -0.2) is 109 Å². The first-order chi connectivity index (χ1) is 59.7. The lowest BCUT2D eigenvalue weighted by molar-refractivity contribution is 0.571. The van der Waals surface area contributed by atoms with Crippen LogP contribution in [0.1, 0.15) is 262 Å². The number of rotatable bonds is 0. The van der Waals surface area contributed by atoms with Gasteiger partial charge in [-0.2, -0.15) is 29.9 Å². The fourth-order valence-corrected chi connectivity index (χ4v) is 16.4. The van der Waals surface area contributed by atoms with E-state index in [-0.39, 0.29) is 54.1 Å². The predicted octanol–water partition coefficient (Wildman–Crippen LogP) is 27.0. The highest BCUT2D eigenvalue weighted by Gasteiger charge is 2.25. The zero-order valence-corrected chi connectivity index (χ0v) is 83.5. The number of pyridine rings is 6. The number of aromatic nitrogens is 22. The van der Waals surface area contributed by atoms with Gasteiger partial charge in [-0.25, -0.2) is 29.9 Å². The summed E-state index contributed by atoms with van der Waals surface area (Å²) < 4.78 is 16.2. The molecule has 18 aromatic heterocycles. The van der Waals surface area contributed by atoms with E-state index >= 15 is 0 Å². The number of imidazole rings is 1. The fraction of sp³-hybridized carbons (Fsp3) is 0.396. The van der Waals surface area contributed by atoms with Crippen molar-refractivity contribution >= 4 is 142 Å². The molecule has 2 aromatic carbocycles. The molecule has 18 heterocycles. The van der Waals surface area contributed by atoms with Gasteiger partial charge in [0.15, 0.2) is 23.3 Å². The van der Waals surface area contributed by atoms with Gasteiger partial charge in [-0.3, -0.25) is 34.9 Å². The SMILES string of the molecule is CC(C)(C)c1cc2[nH]ncc2s1.CC(C)(C)c1cc2cn[nH]c2s1.CC(C)(C)c1ccc2[nH]ncc2n1.CC(C)(C)c1ccc2nncn2c1.CC(C)(C)c1ccc2ocnc2c1.CC(C)(C)c1cccn2ccnc12.CC(C)(C)c1cnc2[nH]ncc2c1.CC(C)(C)c1cnc2cn[nH]c2c1.CC(C)(C)c1cnc2scnc2c1.CC(C)(C)c1nsc2ccccc12. The van der Waals surface area contributed by atoms with E-state index in [9.17, 15) is 0 Å². The maximum atomic E-state index is 5.17. The predicted molar refractivity (Wildman–Crippen MR) is 536 cm³/mol. The van der Waals surface area contributed by atoms with Crippen molar-refractivity contribution in [2.24, 2.45) is 0 Å². The third kappa shape index (κ3) is 25.9. The van der Waals surface area contributed by atoms with Crippen molar-refractivity contribution < 1.29 is 4.42 Å². The number of hydrogen-bond acceptors (Lipinski definition) is 20. The largest absolute Gasteiger partial charge is 0.443 e. The van der Waals surface area contributed by atoms with Gasteiger partial charge in [0.1, 0.15) is 43.7 Å². The lowest BCUT2D eigenvalue weighted by Gasteiger charge is -2.19. The van der Waals surface area contributed by atoms with E-state index in [0.29, 0.717) is 0 Å². The molecule has 0 aliphatic rings. The highest BCUT2D eigenvalue weighted by Crippen LogP contribution is 2.37. The molecular weight excluding hydrogens is 1670 g/mol. The molecule has 672 valence electrons. The van der Waals surface area contributed by atoms with Crippen LogP contribution in [0.2, 0.25) is 0 Å². The van der Waals surface area contributed by atoms with E-state index in [0.717, 1.165) is 77.1 Å². The summed E-state index contributed by atoms with van der Waals surface area (Å²) in [4.78, 5) is 35.2. The summed E-state index contributed by atoms with van der Waals surface area (Å²) in [6, 6.07) is 37.7. The molecule has 0 aliphatic heterocycles. The molecule has 0 spiro atoms. The number of benzene rings is 2. The Morgan fingerprint density at radius 3 is 1.65 bits per heavy atom. The van der Waals surface area contributed by atoms with Crippen LogP contribution in [0.5, 0.6) is 0 Å². The Kier molecular flexibility index (Phi) is 29.6. The Hall–Kier alpha value is -11.7. The third-order valence-corrected chi connectivity index (χ3v) is 25.4. The van der Waals surface area contributed by atoms with Gasteiger partial charge >= 0.3 is 0 Å². The van der Waals surface area contributed by atoms with Crippen molar-refractivity contribution in [2.75, 3.05) is 0 Å². The van der Waals surface area contributed by atoms with E-state index in [1.807, 2.05) is 95.1 Å². The summed E-state index contributed by atoms with van der Waals surface area (Å²) in [7, 11) is 0. The Morgan fingerprint density at radius 2 is 0.984 bits per heavy atom. The summed E-state index contributed by atoms with van der Waals surface area (Å²) in [5.41, 5.74) is 24.1. The van der Waals surface area contributed by atoms with Crippen molar-refractivity contribution in [1.29, 1.82) is 0 Å². The topological polar surface area (TPSA) is 294 Å². The molecule has 23 nitrogen and oxygen atoms in total. The molecule has 0 bridgehead atoms. The average molecular weight is 1790 g/mol. The first kappa shape index (κ1) is 97.0. The number of hydrogen-bond donors (Lipinski definition) is 5. The lowest BCUT2D eigenvalue weighted by Crippen LogP contribution is -2.12. The van der Waals surface area contributed by atoms with E-state index in [2.05, 4.69) is 404 Å². The highest BCUT2D eigenvalue weighted by molar-refractivity contribution is 7.19. The molecule has 0 radical (unpaired) electrons. The van der Waals surface area contributed by atoms with Crippen LogP contribution in [0.4, 0.5) is 0 Å². The second-order valence-electron chi connectivity index (χ2n) is 42.1. The summed E-state index contributed by atoms with van der Waals surface area (Å²) >= 11 is 6.79. The second kappa shape index (κ2) is 39.1. The maximum absolute atomic E-state index is 5.17. The Labute approximate surface area is 768 Å². The number of thiazole rings is 1. The number of thiophene rings is 2. The van der Waals surface area contributed by atoms with Crippen LogP contribution in [0.15, 0.2) is 206 Å². The molecule has 0 amide bonds. The lowest BCUT2D eigenvalue weighted by atomic mass is 9.87. The molecule has 27 heteroatoms. The molecule has 128 heavy (non-hydrogen) atoms. The van der Waals surface area contributed by atoms with Crippen molar-refractivity contribution in [2.45, 2.75) is 262 Å². The van der Waals surface area contributed by atoms with Crippen LogP contribution in [0, 0.1) is 0 Å². The van der Waals surface area contributed by atoms with E-state index < -0.39 is 0 Å². The maximum Gasteiger partial charge on any atom is 0.181 e. The average Bonchev–Trinajstić information content (AvgIpc) is 1.72. The summed E-state index contributed by atoms with van der Waals surface area (Å²) in [6.07, 6.45) is 25.9. The molecule has 0 atom stereocenters. The van der Waals surface area contributed by atoms with Crippen LogP contribution in [-0.2, 0) is 54.1 Å². The quantitative estimate of drug-likeness (QED) is 0.0943. The van der Waals surface area contributed by atoms with E-state index in [1.165, 1.54) is 80.2 Å². The zero-order valence-electron chi connectivity index (χ0n) is 80.2. The van der Waals surface area contributed by atoms with Gasteiger partial charge in [0.05, 0.1) is 68.1 Å². The molecule has 0 fully saturated rings. The Bertz CT molecular complexity index is 6140. The first-order valence-electron chi connectivity index (χ1n) is 43.1. The molecule has 0 saturated heterocycles. The van der Waals surface area contributed by atoms with Gasteiger partial charge in [0, 0.05) is 91.4 Å². The van der Waals surface area contributed by atoms with Crippen molar-refractivity contribution in [3.63, 3.8) is 0 Å². The zero-order chi connectivity index (χ0) is 93.3. The molecule has 20 aromatic rings. The van der Waals surface area contributed by atoms with Gasteiger partial charge in [0.25, 0.3) is 0 Å². The first-order valence-corrected chi connectivity index (χ1v) is 46.4. The smallest absolute Gasteiger partial charge is 0.181 e. The Balaban J connectivity index is 0.000000138. The minimum absolute atomic E-state index is 0.103. The number of nitrogens with one attached hydrogen (secondary N) is 5. The monoisotopic (exact) mass is 1790 g/mol. The van der Waals surface area contributed by atoms with Crippen LogP contribution < -0.4 is 0 Å². The van der Waals surface area contributed by atoms with Gasteiger partial charge in [-0.05, 0) is 155 Å². The number of aromatic amines is 5.